The molecule has 1 aliphatic heterocycles. The van der Waals surface area contributed by atoms with Crippen LogP contribution in [0.25, 0.3) is 10.8 Å². The predicted molar refractivity (Wildman–Crippen MR) is 108 cm³/mol. The molecule has 1 heterocycles. The molecule has 0 bridgehead atoms. The fraction of sp³-hybridized carbons (Fsp3) is 0.429. The number of hydrogen-bond donors (Lipinski definition) is 0. The van der Waals surface area contributed by atoms with Gasteiger partial charge in [0.15, 0.2) is 16.4 Å². The molecule has 2 aromatic carbocycles. The van der Waals surface area contributed by atoms with E-state index in [2.05, 4.69) is 0 Å². The quantitative estimate of drug-likeness (QED) is 0.693. The van der Waals surface area contributed by atoms with Crippen molar-refractivity contribution in [2.45, 2.75) is 38.8 Å². The number of hydrogen-bond acceptors (Lipinski definition) is 5. The Kier molecular flexibility index (Phi) is 6.03. The lowest BCUT2D eigenvalue weighted by atomic mass is 10.0. The lowest BCUT2D eigenvalue weighted by Crippen LogP contribution is -2.48. The Morgan fingerprint density at radius 3 is 2.57 bits per heavy atom. The summed E-state index contributed by atoms with van der Waals surface area (Å²) in [5, 5.41) is 1.68. The van der Waals surface area contributed by atoms with Crippen molar-refractivity contribution >= 4 is 32.5 Å². The van der Waals surface area contributed by atoms with Crippen LogP contribution in [0.4, 0.5) is 0 Å². The molecule has 0 unspecified atom stereocenters. The van der Waals surface area contributed by atoms with Crippen LogP contribution in [0, 0.1) is 0 Å². The number of nitrogens with zero attached hydrogens (tertiary/aromatic N) is 1. The lowest BCUT2D eigenvalue weighted by molar-refractivity contribution is -0.138. The fourth-order valence-corrected chi connectivity index (χ4v) is 5.40. The van der Waals surface area contributed by atoms with Crippen LogP contribution < -0.4 is 0 Å². The van der Waals surface area contributed by atoms with E-state index >= 15 is 0 Å². The molecule has 0 N–H and O–H groups in total. The van der Waals surface area contributed by atoms with E-state index in [9.17, 15) is 18.0 Å². The maximum absolute atomic E-state index is 12.8. The summed E-state index contributed by atoms with van der Waals surface area (Å²) in [6, 6.07) is 12.3. The van der Waals surface area contributed by atoms with Gasteiger partial charge in [0.1, 0.15) is 0 Å². The van der Waals surface area contributed by atoms with Crippen LogP contribution in [-0.4, -0.2) is 55.4 Å². The summed E-state index contributed by atoms with van der Waals surface area (Å²) in [5.41, 5.74) is 0.407. The largest absolute Gasteiger partial charge is 0.452 e. The van der Waals surface area contributed by atoms with E-state index in [0.29, 0.717) is 18.4 Å². The van der Waals surface area contributed by atoms with Crippen molar-refractivity contribution < 1.29 is 22.7 Å². The van der Waals surface area contributed by atoms with Crippen LogP contribution in [0.2, 0.25) is 0 Å². The highest BCUT2D eigenvalue weighted by atomic mass is 32.2. The average molecular weight is 404 g/mol. The number of amides is 1. The van der Waals surface area contributed by atoms with E-state index in [1.165, 1.54) is 0 Å². The molecule has 1 amide bonds. The van der Waals surface area contributed by atoms with Crippen molar-refractivity contribution in [3.63, 3.8) is 0 Å². The molecule has 0 aromatic heterocycles. The van der Waals surface area contributed by atoms with Crippen LogP contribution in [0.15, 0.2) is 42.5 Å². The third-order valence-electron chi connectivity index (χ3n) is 5.29. The van der Waals surface area contributed by atoms with Crippen molar-refractivity contribution in [3.8, 4) is 0 Å². The molecule has 1 fully saturated rings. The first-order chi connectivity index (χ1) is 13.3. The summed E-state index contributed by atoms with van der Waals surface area (Å²) in [7, 11) is -3.12. The molecule has 28 heavy (non-hydrogen) atoms. The summed E-state index contributed by atoms with van der Waals surface area (Å²) in [6.45, 7) is 3.43. The molecule has 2 atom stereocenters. The van der Waals surface area contributed by atoms with Gasteiger partial charge in [0.05, 0.1) is 17.1 Å². The van der Waals surface area contributed by atoms with E-state index in [0.717, 1.165) is 10.8 Å². The standard InChI is InChI=1S/C21H25NO5S/c1-3-15(2)22(17-11-12-28(25,26)14-17)20(23)13-27-21(24)19-10-6-8-16-7-4-5-9-18(16)19/h4-10,15,17H,3,11-14H2,1-2H3/t15-,17-/m0/s1. The Balaban J connectivity index is 1.72. The number of rotatable bonds is 6. The Hall–Kier alpha value is -2.41. The highest BCUT2D eigenvalue weighted by molar-refractivity contribution is 7.91. The molecule has 6 nitrogen and oxygen atoms in total. The second-order valence-electron chi connectivity index (χ2n) is 7.22. The normalized spacial score (nSPS) is 19.3. The van der Waals surface area contributed by atoms with Gasteiger partial charge in [-0.3, -0.25) is 4.79 Å². The summed E-state index contributed by atoms with van der Waals surface area (Å²) < 4.78 is 29.0. The zero-order chi connectivity index (χ0) is 20.3. The highest BCUT2D eigenvalue weighted by Gasteiger charge is 2.36. The van der Waals surface area contributed by atoms with E-state index < -0.39 is 22.4 Å². The number of benzene rings is 2. The number of fused-ring (bicyclic) bond motifs is 1. The van der Waals surface area contributed by atoms with Crippen molar-refractivity contribution in [3.05, 3.63) is 48.0 Å². The van der Waals surface area contributed by atoms with E-state index in [1.807, 2.05) is 44.2 Å². The molecule has 0 aliphatic carbocycles. The second-order valence-corrected chi connectivity index (χ2v) is 9.45. The lowest BCUT2D eigenvalue weighted by Gasteiger charge is -2.33. The van der Waals surface area contributed by atoms with Gasteiger partial charge in [-0.1, -0.05) is 43.3 Å². The van der Waals surface area contributed by atoms with Gasteiger partial charge in [-0.2, -0.15) is 0 Å². The molecule has 0 saturated carbocycles. The summed E-state index contributed by atoms with van der Waals surface area (Å²) in [6.07, 6.45) is 1.12. The minimum atomic E-state index is -3.12. The van der Waals surface area contributed by atoms with Crippen molar-refractivity contribution in [1.82, 2.24) is 4.90 Å². The number of esters is 1. The molecular formula is C21H25NO5S. The Morgan fingerprint density at radius 1 is 1.18 bits per heavy atom. The topological polar surface area (TPSA) is 80.8 Å². The van der Waals surface area contributed by atoms with Gasteiger partial charge in [0.2, 0.25) is 0 Å². The zero-order valence-electron chi connectivity index (χ0n) is 16.1. The van der Waals surface area contributed by atoms with Gasteiger partial charge in [0.25, 0.3) is 5.91 Å². The fourth-order valence-electron chi connectivity index (χ4n) is 3.68. The van der Waals surface area contributed by atoms with Gasteiger partial charge in [-0.15, -0.1) is 0 Å². The van der Waals surface area contributed by atoms with Crippen LogP contribution in [-0.2, 0) is 19.4 Å². The third-order valence-corrected chi connectivity index (χ3v) is 7.04. The van der Waals surface area contributed by atoms with Crippen molar-refractivity contribution in [2.24, 2.45) is 0 Å². The zero-order valence-corrected chi connectivity index (χ0v) is 16.9. The van der Waals surface area contributed by atoms with Gasteiger partial charge in [0, 0.05) is 12.1 Å². The Morgan fingerprint density at radius 2 is 1.89 bits per heavy atom. The van der Waals surface area contributed by atoms with E-state index in [4.69, 9.17) is 4.74 Å². The first kappa shape index (κ1) is 20.3. The van der Waals surface area contributed by atoms with Crippen LogP contribution in [0.5, 0.6) is 0 Å². The number of carbonyl (C=O) groups excluding carboxylic acids is 2. The maximum atomic E-state index is 12.8. The highest BCUT2D eigenvalue weighted by Crippen LogP contribution is 2.22. The van der Waals surface area contributed by atoms with Gasteiger partial charge < -0.3 is 9.64 Å². The van der Waals surface area contributed by atoms with E-state index in [1.54, 1.807) is 17.0 Å². The minimum Gasteiger partial charge on any atom is -0.452 e. The van der Waals surface area contributed by atoms with Gasteiger partial charge >= 0.3 is 5.97 Å². The van der Waals surface area contributed by atoms with Crippen LogP contribution in [0.3, 0.4) is 0 Å². The Labute approximate surface area is 165 Å². The predicted octanol–water partition coefficient (Wildman–Crippen LogP) is 2.81. The maximum Gasteiger partial charge on any atom is 0.339 e. The minimum absolute atomic E-state index is 0.0274. The number of carbonyl (C=O) groups is 2. The molecule has 1 aliphatic rings. The molecule has 0 spiro atoms. The second kappa shape index (κ2) is 8.31. The molecule has 0 radical (unpaired) electrons. The molecule has 3 rings (SSSR count). The van der Waals surface area contributed by atoms with Crippen LogP contribution >= 0.6 is 0 Å². The smallest absolute Gasteiger partial charge is 0.339 e. The van der Waals surface area contributed by atoms with Crippen molar-refractivity contribution in [1.29, 1.82) is 0 Å². The molecule has 2 aromatic rings. The van der Waals surface area contributed by atoms with Gasteiger partial charge in [-0.05, 0) is 36.6 Å². The first-order valence-corrected chi connectivity index (χ1v) is 11.3. The van der Waals surface area contributed by atoms with Gasteiger partial charge in [-0.25, -0.2) is 13.2 Å². The van der Waals surface area contributed by atoms with Crippen molar-refractivity contribution in [2.75, 3.05) is 18.1 Å². The molecular weight excluding hydrogens is 378 g/mol. The van der Waals surface area contributed by atoms with Crippen LogP contribution in [0.1, 0.15) is 37.0 Å². The Bertz CT molecular complexity index is 980. The monoisotopic (exact) mass is 403 g/mol. The third kappa shape index (κ3) is 4.35. The summed E-state index contributed by atoms with van der Waals surface area (Å²) in [5.74, 6) is -0.855. The van der Waals surface area contributed by atoms with E-state index in [-0.39, 0.29) is 29.5 Å². The average Bonchev–Trinajstić information content (AvgIpc) is 3.04. The summed E-state index contributed by atoms with van der Waals surface area (Å²) in [4.78, 5) is 26.9. The molecule has 1 saturated heterocycles. The first-order valence-electron chi connectivity index (χ1n) is 9.49. The molecule has 7 heteroatoms. The number of sulfone groups is 1. The molecule has 150 valence electrons. The SMILES string of the molecule is CC[C@H](C)N(C(=O)COC(=O)c1cccc2ccccc12)[C@H]1CCS(=O)(=O)C1. The number of ether oxygens (including phenoxy) is 1. The summed E-state index contributed by atoms with van der Waals surface area (Å²) >= 11 is 0.